The summed E-state index contributed by atoms with van der Waals surface area (Å²) in [6, 6.07) is 14.0. The lowest BCUT2D eigenvalue weighted by Gasteiger charge is -2.39. The molecule has 35 heavy (non-hydrogen) atoms. The highest BCUT2D eigenvalue weighted by atomic mass is 35.5. The molecule has 1 N–H and O–H groups in total. The molecular weight excluding hydrogens is 462 g/mol. The number of aliphatic hydroxyl groups is 1. The smallest absolute Gasteiger partial charge is 0.138 e. The van der Waals surface area contributed by atoms with Gasteiger partial charge >= 0.3 is 0 Å². The number of ether oxygens (including phenoxy) is 2. The molecule has 2 heterocycles. The third-order valence-corrected chi connectivity index (χ3v) is 6.76. The molecule has 6 nitrogen and oxygen atoms in total. The number of benzene rings is 2. The zero-order valence-corrected chi connectivity index (χ0v) is 21.5. The number of β-amino-alcohol motifs (C(OH)–C–C–N with tert-alkyl or cyclic N) is 1. The average Bonchev–Trinajstić information content (AvgIpc) is 3.30. The fourth-order valence-electron chi connectivity index (χ4n) is 4.67. The summed E-state index contributed by atoms with van der Waals surface area (Å²) in [4.78, 5) is 6.66. The molecule has 7 heteroatoms. The van der Waals surface area contributed by atoms with Crippen LogP contribution in [0, 0.1) is 6.92 Å². The highest BCUT2D eigenvalue weighted by molar-refractivity contribution is 6.32. The fraction of sp³-hybridized carbons (Fsp3) is 0.464. The molecule has 0 amide bonds. The predicted molar refractivity (Wildman–Crippen MR) is 139 cm³/mol. The van der Waals surface area contributed by atoms with Crippen LogP contribution in [0.2, 0.25) is 5.02 Å². The maximum atomic E-state index is 11.2. The number of hydrogen-bond donors (Lipinski definition) is 1. The first kappa shape index (κ1) is 25.5. The fourth-order valence-corrected chi connectivity index (χ4v) is 4.84. The highest BCUT2D eigenvalue weighted by Gasteiger charge is 2.34. The number of halogens is 1. The topological polar surface area (TPSA) is 59.8 Å². The summed E-state index contributed by atoms with van der Waals surface area (Å²) in [6.45, 7) is 8.19. The minimum atomic E-state index is -0.899. The Hall–Kier alpha value is -2.54. The molecular formula is C28H36ClN3O3. The van der Waals surface area contributed by atoms with Crippen LogP contribution >= 0.6 is 11.6 Å². The van der Waals surface area contributed by atoms with E-state index in [9.17, 15) is 5.11 Å². The van der Waals surface area contributed by atoms with Crippen LogP contribution in [0.1, 0.15) is 43.1 Å². The molecule has 1 fully saturated rings. The molecule has 1 aromatic heterocycles. The Morgan fingerprint density at radius 3 is 2.91 bits per heavy atom. The van der Waals surface area contributed by atoms with E-state index in [1.807, 2.05) is 49.6 Å². The number of likely N-dealkylation sites (tertiary alicyclic amines) is 1. The van der Waals surface area contributed by atoms with E-state index in [0.29, 0.717) is 30.3 Å². The minimum absolute atomic E-state index is 0.229. The van der Waals surface area contributed by atoms with Crippen molar-refractivity contribution in [2.24, 2.45) is 0 Å². The number of aromatic nitrogens is 2. The first-order valence-electron chi connectivity index (χ1n) is 12.5. The van der Waals surface area contributed by atoms with E-state index in [1.54, 1.807) is 0 Å². The SMILES string of the molecule is CCc1nccn1CCCOc1cccc(CN2CCC[C@](O)(COc3cc(C)ccc3Cl)C2)c1. The lowest BCUT2D eigenvalue weighted by atomic mass is 9.93. The molecule has 4 rings (SSSR count). The van der Waals surface area contributed by atoms with E-state index in [1.165, 1.54) is 5.56 Å². The quantitative estimate of drug-likeness (QED) is 0.365. The standard InChI is InChI=1S/C28H36ClN3O3/c1-3-27-30-12-15-32(27)14-6-16-34-24-8-4-7-23(18-24)19-31-13-5-11-28(33,20-31)21-35-26-17-22(2)9-10-25(26)29/h4,7-10,12,15,17-18,33H,3,5-6,11,13-14,16,19-21H2,1-2H3/t28-/m1/s1. The molecule has 0 radical (unpaired) electrons. The number of piperidine rings is 1. The number of imidazole rings is 1. The van der Waals surface area contributed by atoms with Crippen molar-refractivity contribution < 1.29 is 14.6 Å². The van der Waals surface area contributed by atoms with Crippen LogP contribution in [0.5, 0.6) is 11.5 Å². The van der Waals surface area contributed by atoms with Crippen molar-refractivity contribution in [1.29, 1.82) is 0 Å². The lowest BCUT2D eigenvalue weighted by molar-refractivity contribution is -0.0621. The summed E-state index contributed by atoms with van der Waals surface area (Å²) in [5.41, 5.74) is 1.36. The lowest BCUT2D eigenvalue weighted by Crippen LogP contribution is -2.51. The van der Waals surface area contributed by atoms with Crippen LogP contribution in [0.3, 0.4) is 0 Å². The zero-order valence-electron chi connectivity index (χ0n) is 20.8. The summed E-state index contributed by atoms with van der Waals surface area (Å²) in [6.07, 6.45) is 7.39. The summed E-state index contributed by atoms with van der Waals surface area (Å²) in [5, 5.41) is 11.8. The Bertz CT molecular complexity index is 1100. The van der Waals surface area contributed by atoms with Gasteiger partial charge in [0.1, 0.15) is 29.5 Å². The van der Waals surface area contributed by atoms with Crippen LogP contribution in [-0.4, -0.2) is 51.5 Å². The molecule has 0 unspecified atom stereocenters. The molecule has 1 saturated heterocycles. The van der Waals surface area contributed by atoms with Gasteiger partial charge in [-0.05, 0) is 68.1 Å². The van der Waals surface area contributed by atoms with Gasteiger partial charge in [-0.1, -0.05) is 36.7 Å². The van der Waals surface area contributed by atoms with E-state index >= 15 is 0 Å². The largest absolute Gasteiger partial charge is 0.494 e. The van der Waals surface area contributed by atoms with Gasteiger partial charge in [-0.3, -0.25) is 4.90 Å². The molecule has 2 aromatic carbocycles. The Morgan fingerprint density at radius 2 is 2.06 bits per heavy atom. The number of rotatable bonds is 11. The van der Waals surface area contributed by atoms with Gasteiger partial charge in [0.25, 0.3) is 0 Å². The van der Waals surface area contributed by atoms with Crippen LogP contribution in [0.4, 0.5) is 0 Å². The van der Waals surface area contributed by atoms with Crippen molar-refractivity contribution >= 4 is 11.6 Å². The molecule has 3 aromatic rings. The van der Waals surface area contributed by atoms with Gasteiger partial charge in [0.05, 0.1) is 11.6 Å². The third kappa shape index (κ3) is 7.23. The second kappa shape index (κ2) is 11.9. The second-order valence-electron chi connectivity index (χ2n) is 9.50. The van der Waals surface area contributed by atoms with E-state index in [2.05, 4.69) is 33.5 Å². The van der Waals surface area contributed by atoms with Gasteiger partial charge in [-0.15, -0.1) is 0 Å². The van der Waals surface area contributed by atoms with Gasteiger partial charge in [-0.2, -0.15) is 0 Å². The Morgan fingerprint density at radius 1 is 1.17 bits per heavy atom. The third-order valence-electron chi connectivity index (χ3n) is 6.45. The van der Waals surface area contributed by atoms with Crippen molar-refractivity contribution in [1.82, 2.24) is 14.5 Å². The minimum Gasteiger partial charge on any atom is -0.494 e. The molecule has 1 atom stereocenters. The molecule has 188 valence electrons. The summed E-state index contributed by atoms with van der Waals surface area (Å²) < 4.78 is 14.2. The zero-order chi connectivity index (χ0) is 24.7. The van der Waals surface area contributed by atoms with Gasteiger partial charge in [-0.25, -0.2) is 4.98 Å². The van der Waals surface area contributed by atoms with Crippen molar-refractivity contribution in [2.45, 2.75) is 58.2 Å². The normalized spacial score (nSPS) is 18.5. The number of aryl methyl sites for hydroxylation is 3. The van der Waals surface area contributed by atoms with Gasteiger partial charge in [0.2, 0.25) is 0 Å². The highest BCUT2D eigenvalue weighted by Crippen LogP contribution is 2.29. The van der Waals surface area contributed by atoms with E-state index in [-0.39, 0.29) is 6.61 Å². The van der Waals surface area contributed by atoms with E-state index in [0.717, 1.165) is 56.0 Å². The molecule has 1 aliphatic rings. The Balaban J connectivity index is 1.27. The van der Waals surface area contributed by atoms with Crippen LogP contribution in [0.25, 0.3) is 0 Å². The van der Waals surface area contributed by atoms with Gasteiger partial charge in [0, 0.05) is 38.4 Å². The first-order valence-corrected chi connectivity index (χ1v) is 12.9. The van der Waals surface area contributed by atoms with Crippen molar-refractivity contribution in [3.63, 3.8) is 0 Å². The second-order valence-corrected chi connectivity index (χ2v) is 9.91. The molecule has 0 spiro atoms. The summed E-state index contributed by atoms with van der Waals surface area (Å²) in [5.74, 6) is 2.62. The van der Waals surface area contributed by atoms with Crippen molar-refractivity contribution in [3.05, 3.63) is 76.8 Å². The molecule has 0 saturated carbocycles. The van der Waals surface area contributed by atoms with Crippen molar-refractivity contribution in [3.8, 4) is 11.5 Å². The van der Waals surface area contributed by atoms with E-state index in [4.69, 9.17) is 21.1 Å². The number of hydrogen-bond acceptors (Lipinski definition) is 5. The summed E-state index contributed by atoms with van der Waals surface area (Å²) >= 11 is 6.26. The monoisotopic (exact) mass is 497 g/mol. The molecule has 0 bridgehead atoms. The Labute approximate surface area is 213 Å². The van der Waals surface area contributed by atoms with Crippen LogP contribution in [0.15, 0.2) is 54.9 Å². The van der Waals surface area contributed by atoms with Crippen LogP contribution < -0.4 is 9.47 Å². The van der Waals surface area contributed by atoms with Gasteiger partial charge in [0.15, 0.2) is 0 Å². The van der Waals surface area contributed by atoms with E-state index < -0.39 is 5.60 Å². The molecule has 1 aliphatic heterocycles. The average molecular weight is 498 g/mol. The molecule has 0 aliphatic carbocycles. The summed E-state index contributed by atoms with van der Waals surface area (Å²) in [7, 11) is 0. The maximum Gasteiger partial charge on any atom is 0.138 e. The maximum absolute atomic E-state index is 11.2. The number of nitrogens with zero attached hydrogens (tertiary/aromatic N) is 3. The van der Waals surface area contributed by atoms with Gasteiger partial charge < -0.3 is 19.1 Å². The Kier molecular flexibility index (Phi) is 8.71. The predicted octanol–water partition coefficient (Wildman–Crippen LogP) is 5.28. The first-order chi connectivity index (χ1) is 16.9. The van der Waals surface area contributed by atoms with Crippen molar-refractivity contribution in [2.75, 3.05) is 26.3 Å². The van der Waals surface area contributed by atoms with Crippen LogP contribution in [-0.2, 0) is 19.5 Å².